The first-order valence-corrected chi connectivity index (χ1v) is 6.16. The number of hydrogen-bond donors (Lipinski definition) is 1. The van der Waals surface area contributed by atoms with Crippen LogP contribution < -0.4 is 9.47 Å². The van der Waals surface area contributed by atoms with Gasteiger partial charge in [-0.1, -0.05) is 12.1 Å². The lowest BCUT2D eigenvalue weighted by atomic mass is 10.0. The Morgan fingerprint density at radius 3 is 2.44 bits per heavy atom. The van der Waals surface area contributed by atoms with Gasteiger partial charge in [-0.25, -0.2) is 0 Å². The second-order valence-corrected chi connectivity index (χ2v) is 4.53. The Kier molecular flexibility index (Phi) is 3.77. The number of aromatic hydroxyl groups is 1. The van der Waals surface area contributed by atoms with E-state index in [0.29, 0.717) is 11.5 Å². The van der Waals surface area contributed by atoms with Gasteiger partial charge in [0.2, 0.25) is 0 Å². The van der Waals surface area contributed by atoms with Gasteiger partial charge in [-0.3, -0.25) is 0 Å². The maximum atomic E-state index is 9.54. The molecule has 0 aliphatic rings. The standard InChI is InChI=1S/C14H13BrO3/c1-17-11-7-12(14(15)13(8-11)18-2)9-4-3-5-10(16)6-9/h3-8,16H,1-2H3. The molecule has 0 aliphatic carbocycles. The van der Waals surface area contributed by atoms with Gasteiger partial charge in [0.05, 0.1) is 18.7 Å². The SMILES string of the molecule is COc1cc(OC)c(Br)c(-c2cccc(O)c2)c1. The van der Waals surface area contributed by atoms with Crippen LogP contribution in [-0.4, -0.2) is 19.3 Å². The lowest BCUT2D eigenvalue weighted by Gasteiger charge is -2.12. The number of halogens is 1. The fourth-order valence-corrected chi connectivity index (χ4v) is 2.34. The van der Waals surface area contributed by atoms with Gasteiger partial charge in [0.15, 0.2) is 0 Å². The molecular weight excluding hydrogens is 296 g/mol. The number of hydrogen-bond acceptors (Lipinski definition) is 3. The molecule has 0 saturated heterocycles. The zero-order valence-corrected chi connectivity index (χ0v) is 11.7. The van der Waals surface area contributed by atoms with Gasteiger partial charge in [-0.15, -0.1) is 0 Å². The van der Waals surface area contributed by atoms with Crippen molar-refractivity contribution in [3.63, 3.8) is 0 Å². The van der Waals surface area contributed by atoms with Crippen molar-refractivity contribution in [3.05, 3.63) is 40.9 Å². The summed E-state index contributed by atoms with van der Waals surface area (Å²) in [6.07, 6.45) is 0. The van der Waals surface area contributed by atoms with Gasteiger partial charge in [0, 0.05) is 11.6 Å². The van der Waals surface area contributed by atoms with Crippen molar-refractivity contribution in [3.8, 4) is 28.4 Å². The molecule has 0 unspecified atom stereocenters. The Balaban J connectivity index is 2.62. The summed E-state index contributed by atoms with van der Waals surface area (Å²) in [7, 11) is 3.21. The Labute approximate surface area is 114 Å². The molecule has 18 heavy (non-hydrogen) atoms. The third-order valence-electron chi connectivity index (χ3n) is 2.63. The van der Waals surface area contributed by atoms with Crippen LogP contribution in [0.2, 0.25) is 0 Å². The highest BCUT2D eigenvalue weighted by molar-refractivity contribution is 9.10. The predicted octanol–water partition coefficient (Wildman–Crippen LogP) is 3.84. The molecule has 2 rings (SSSR count). The lowest BCUT2D eigenvalue weighted by Crippen LogP contribution is -1.91. The topological polar surface area (TPSA) is 38.7 Å². The van der Waals surface area contributed by atoms with Crippen LogP contribution in [0.15, 0.2) is 40.9 Å². The van der Waals surface area contributed by atoms with E-state index in [9.17, 15) is 5.11 Å². The minimum absolute atomic E-state index is 0.223. The molecule has 3 nitrogen and oxygen atoms in total. The minimum Gasteiger partial charge on any atom is -0.508 e. The third-order valence-corrected chi connectivity index (χ3v) is 3.44. The van der Waals surface area contributed by atoms with Crippen molar-refractivity contribution in [2.75, 3.05) is 14.2 Å². The lowest BCUT2D eigenvalue weighted by molar-refractivity contribution is 0.393. The fraction of sp³-hybridized carbons (Fsp3) is 0.143. The molecule has 94 valence electrons. The van der Waals surface area contributed by atoms with Crippen molar-refractivity contribution in [2.24, 2.45) is 0 Å². The molecule has 0 heterocycles. The molecule has 2 aromatic carbocycles. The smallest absolute Gasteiger partial charge is 0.137 e. The Hall–Kier alpha value is -1.68. The van der Waals surface area contributed by atoms with E-state index in [2.05, 4.69) is 15.9 Å². The average molecular weight is 309 g/mol. The molecule has 0 radical (unpaired) electrons. The van der Waals surface area contributed by atoms with Crippen LogP contribution >= 0.6 is 15.9 Å². The van der Waals surface area contributed by atoms with Crippen LogP contribution in [0.4, 0.5) is 0 Å². The maximum Gasteiger partial charge on any atom is 0.137 e. The van der Waals surface area contributed by atoms with Crippen molar-refractivity contribution in [1.29, 1.82) is 0 Å². The Morgan fingerprint density at radius 1 is 1.06 bits per heavy atom. The minimum atomic E-state index is 0.223. The van der Waals surface area contributed by atoms with Gasteiger partial charge in [-0.05, 0) is 39.7 Å². The number of methoxy groups -OCH3 is 2. The van der Waals surface area contributed by atoms with Crippen molar-refractivity contribution in [1.82, 2.24) is 0 Å². The largest absolute Gasteiger partial charge is 0.508 e. The van der Waals surface area contributed by atoms with Gasteiger partial charge >= 0.3 is 0 Å². The average Bonchev–Trinajstić information content (AvgIpc) is 2.39. The molecular formula is C14H13BrO3. The van der Waals surface area contributed by atoms with E-state index < -0.39 is 0 Å². The highest BCUT2D eigenvalue weighted by Gasteiger charge is 2.11. The molecule has 0 fully saturated rings. The first-order valence-electron chi connectivity index (χ1n) is 5.36. The molecule has 4 heteroatoms. The second kappa shape index (κ2) is 5.31. The zero-order valence-electron chi connectivity index (χ0n) is 10.1. The summed E-state index contributed by atoms with van der Waals surface area (Å²) in [6, 6.07) is 10.7. The van der Waals surface area contributed by atoms with E-state index in [0.717, 1.165) is 15.6 Å². The Bertz CT molecular complexity index is 567. The van der Waals surface area contributed by atoms with E-state index >= 15 is 0 Å². The number of phenols is 1. The normalized spacial score (nSPS) is 10.2. The molecule has 0 atom stereocenters. The van der Waals surface area contributed by atoms with Crippen molar-refractivity contribution < 1.29 is 14.6 Å². The molecule has 0 amide bonds. The number of phenolic OH excluding ortho intramolecular Hbond substituents is 1. The molecule has 0 saturated carbocycles. The highest BCUT2D eigenvalue weighted by Crippen LogP contribution is 2.39. The van der Waals surface area contributed by atoms with Gasteiger partial charge in [0.1, 0.15) is 17.2 Å². The molecule has 0 bridgehead atoms. The number of ether oxygens (including phenoxy) is 2. The summed E-state index contributed by atoms with van der Waals surface area (Å²) < 4.78 is 11.4. The number of rotatable bonds is 3. The first kappa shape index (κ1) is 12.8. The summed E-state index contributed by atoms with van der Waals surface area (Å²) in [5.74, 6) is 1.61. The monoisotopic (exact) mass is 308 g/mol. The van der Waals surface area contributed by atoms with Crippen LogP contribution in [0.3, 0.4) is 0 Å². The summed E-state index contributed by atoms with van der Waals surface area (Å²) >= 11 is 3.50. The van der Waals surface area contributed by atoms with Crippen molar-refractivity contribution in [2.45, 2.75) is 0 Å². The summed E-state index contributed by atoms with van der Waals surface area (Å²) in [4.78, 5) is 0. The van der Waals surface area contributed by atoms with Crippen molar-refractivity contribution >= 4 is 15.9 Å². The van der Waals surface area contributed by atoms with Crippen LogP contribution in [0.5, 0.6) is 17.2 Å². The summed E-state index contributed by atoms with van der Waals surface area (Å²) in [5.41, 5.74) is 1.79. The predicted molar refractivity (Wildman–Crippen MR) is 74.3 cm³/mol. The van der Waals surface area contributed by atoms with E-state index in [1.54, 1.807) is 38.5 Å². The zero-order chi connectivity index (χ0) is 13.1. The molecule has 0 aromatic heterocycles. The van der Waals surface area contributed by atoms with Crippen LogP contribution in [0.1, 0.15) is 0 Å². The van der Waals surface area contributed by atoms with E-state index in [4.69, 9.17) is 9.47 Å². The molecule has 1 N–H and O–H groups in total. The third kappa shape index (κ3) is 2.43. The quantitative estimate of drug-likeness (QED) is 0.936. The van der Waals surface area contributed by atoms with Gasteiger partial charge < -0.3 is 14.6 Å². The Morgan fingerprint density at radius 2 is 1.83 bits per heavy atom. The first-order chi connectivity index (χ1) is 8.65. The maximum absolute atomic E-state index is 9.54. The number of benzene rings is 2. The van der Waals surface area contributed by atoms with Crippen LogP contribution in [0, 0.1) is 0 Å². The van der Waals surface area contributed by atoms with E-state index in [1.165, 1.54) is 0 Å². The van der Waals surface area contributed by atoms with Crippen LogP contribution in [0.25, 0.3) is 11.1 Å². The molecule has 0 aliphatic heterocycles. The fourth-order valence-electron chi connectivity index (χ4n) is 1.72. The van der Waals surface area contributed by atoms with E-state index in [-0.39, 0.29) is 5.75 Å². The van der Waals surface area contributed by atoms with E-state index in [1.807, 2.05) is 12.1 Å². The van der Waals surface area contributed by atoms with Gasteiger partial charge in [-0.2, -0.15) is 0 Å². The molecule has 2 aromatic rings. The molecule has 0 spiro atoms. The van der Waals surface area contributed by atoms with Crippen LogP contribution in [-0.2, 0) is 0 Å². The second-order valence-electron chi connectivity index (χ2n) is 3.74. The van der Waals surface area contributed by atoms with Gasteiger partial charge in [0.25, 0.3) is 0 Å². The highest BCUT2D eigenvalue weighted by atomic mass is 79.9. The summed E-state index contributed by atoms with van der Waals surface area (Å²) in [5, 5.41) is 9.54. The summed E-state index contributed by atoms with van der Waals surface area (Å²) in [6.45, 7) is 0.